The number of hydrogen-bond acceptors (Lipinski definition) is 6. The maximum absolute atomic E-state index is 12.9. The minimum Gasteiger partial charge on any atom is -0.462 e. The molecule has 0 spiro atoms. The zero-order valence-electron chi connectivity index (χ0n) is 52.8. The summed E-state index contributed by atoms with van der Waals surface area (Å²) in [4.78, 5) is 38.3. The number of hydrogen-bond donors (Lipinski definition) is 0. The van der Waals surface area contributed by atoms with Crippen LogP contribution in [0.4, 0.5) is 0 Å². The Morgan fingerprint density at radius 2 is 0.531 bits per heavy atom. The van der Waals surface area contributed by atoms with E-state index in [9.17, 15) is 14.4 Å². The van der Waals surface area contributed by atoms with E-state index in [1.807, 2.05) is 6.08 Å². The van der Waals surface area contributed by atoms with Crippen molar-refractivity contribution < 1.29 is 28.6 Å². The van der Waals surface area contributed by atoms with Crippen LogP contribution in [-0.4, -0.2) is 37.2 Å². The largest absolute Gasteiger partial charge is 0.462 e. The number of unbranched alkanes of at least 4 members (excludes halogenated alkanes) is 28. The van der Waals surface area contributed by atoms with Crippen molar-refractivity contribution in [3.63, 3.8) is 0 Å². The Morgan fingerprint density at radius 1 is 0.272 bits per heavy atom. The molecule has 0 radical (unpaired) electrons. The molecule has 0 aliphatic rings. The molecule has 0 bridgehead atoms. The van der Waals surface area contributed by atoms with Crippen LogP contribution < -0.4 is 0 Å². The van der Waals surface area contributed by atoms with E-state index in [1.54, 1.807) is 6.08 Å². The van der Waals surface area contributed by atoms with Gasteiger partial charge < -0.3 is 14.2 Å². The standard InChI is InChI=1S/C75H124O6/c1-4-7-10-13-16-19-22-25-28-30-31-32-33-34-35-36-37-38-39-40-41-42-43-45-47-50-53-56-59-62-65-68-74(77)80-71-72(70-79-73(76)67-64-61-58-55-52-49-46-27-24-21-18-15-12-9-6-3)81-75(78)69-66-63-60-57-54-51-48-44-29-26-23-20-17-14-11-8-5-2/h7,9-10,12,16,18-19,21,25,27-28,31-32,34-35,37-38,46,52,55,61,64,72H,4-6,8,11,13-15,17,20,22-24,26,29-30,33,36,39-45,47-51,53-54,56-60,62-63,65-71H2,1-3H3/b10-7-,12-9-,19-16-,21-18-,28-25-,32-31-,35-34-,38-37-,46-27-,55-52-,64-61-. The summed E-state index contributed by atoms with van der Waals surface area (Å²) in [5.74, 6) is -1.04. The van der Waals surface area contributed by atoms with Gasteiger partial charge in [-0.2, -0.15) is 0 Å². The fraction of sp³-hybridized carbons (Fsp3) is 0.667. The van der Waals surface area contributed by atoms with Crippen LogP contribution in [0.25, 0.3) is 0 Å². The zero-order chi connectivity index (χ0) is 58.5. The van der Waals surface area contributed by atoms with Crippen molar-refractivity contribution in [2.45, 2.75) is 309 Å². The molecule has 0 aliphatic carbocycles. The van der Waals surface area contributed by atoms with E-state index in [-0.39, 0.29) is 31.6 Å². The second-order valence-corrected chi connectivity index (χ2v) is 22.0. The van der Waals surface area contributed by atoms with Gasteiger partial charge in [0.25, 0.3) is 0 Å². The highest BCUT2D eigenvalue weighted by Crippen LogP contribution is 2.17. The van der Waals surface area contributed by atoms with Gasteiger partial charge in [0.1, 0.15) is 13.2 Å². The first-order chi connectivity index (χ1) is 40.0. The molecule has 0 N–H and O–H groups in total. The van der Waals surface area contributed by atoms with Gasteiger partial charge in [-0.3, -0.25) is 14.4 Å². The van der Waals surface area contributed by atoms with E-state index in [2.05, 4.69) is 142 Å². The molecule has 0 aromatic heterocycles. The van der Waals surface area contributed by atoms with Crippen LogP contribution in [0.2, 0.25) is 0 Å². The van der Waals surface area contributed by atoms with Crippen LogP contribution in [-0.2, 0) is 28.6 Å². The lowest BCUT2D eigenvalue weighted by molar-refractivity contribution is -0.166. The molecule has 1 atom stereocenters. The average Bonchev–Trinajstić information content (AvgIpc) is 3.47. The minimum absolute atomic E-state index is 0.109. The van der Waals surface area contributed by atoms with Gasteiger partial charge in [0.15, 0.2) is 6.10 Å². The summed E-state index contributed by atoms with van der Waals surface area (Å²) in [7, 11) is 0. The van der Waals surface area contributed by atoms with E-state index in [0.29, 0.717) is 12.8 Å². The third kappa shape index (κ3) is 66.2. The molecular formula is C75H124O6. The number of carbonyl (C=O) groups excluding carboxylic acids is 3. The molecule has 0 aromatic carbocycles. The van der Waals surface area contributed by atoms with Gasteiger partial charge in [-0.15, -0.1) is 0 Å². The lowest BCUT2D eigenvalue weighted by Crippen LogP contribution is -2.30. The highest BCUT2D eigenvalue weighted by molar-refractivity contribution is 5.72. The van der Waals surface area contributed by atoms with Crippen LogP contribution in [0.5, 0.6) is 0 Å². The predicted octanol–water partition coefficient (Wildman–Crippen LogP) is 23.3. The summed E-state index contributed by atoms with van der Waals surface area (Å²) in [6, 6.07) is 0. The quantitative estimate of drug-likeness (QED) is 0.0261. The van der Waals surface area contributed by atoms with E-state index in [1.165, 1.54) is 154 Å². The molecule has 0 fully saturated rings. The topological polar surface area (TPSA) is 78.9 Å². The van der Waals surface area contributed by atoms with Crippen LogP contribution in [0.3, 0.4) is 0 Å². The summed E-state index contributed by atoms with van der Waals surface area (Å²) in [6.07, 6.45) is 96.4. The Kier molecular flexibility index (Phi) is 64.3. The fourth-order valence-electron chi connectivity index (χ4n) is 9.23. The van der Waals surface area contributed by atoms with Crippen molar-refractivity contribution in [1.82, 2.24) is 0 Å². The molecular weight excluding hydrogens is 997 g/mol. The Bertz CT molecular complexity index is 1720. The Morgan fingerprint density at radius 3 is 0.864 bits per heavy atom. The Hall–Kier alpha value is -4.45. The van der Waals surface area contributed by atoms with E-state index in [0.717, 1.165) is 109 Å². The Balaban J connectivity index is 4.33. The maximum atomic E-state index is 12.9. The molecule has 0 heterocycles. The second-order valence-electron chi connectivity index (χ2n) is 22.0. The molecule has 0 rings (SSSR count). The predicted molar refractivity (Wildman–Crippen MR) is 353 cm³/mol. The van der Waals surface area contributed by atoms with Crippen molar-refractivity contribution in [3.8, 4) is 0 Å². The first-order valence-corrected chi connectivity index (χ1v) is 33.7. The molecule has 1 unspecified atom stereocenters. The number of allylic oxidation sites excluding steroid dienone is 21. The number of esters is 3. The summed E-state index contributed by atoms with van der Waals surface area (Å²) >= 11 is 0. The van der Waals surface area contributed by atoms with E-state index in [4.69, 9.17) is 14.2 Å². The van der Waals surface area contributed by atoms with Gasteiger partial charge in [0, 0.05) is 12.8 Å². The highest BCUT2D eigenvalue weighted by atomic mass is 16.6. The zero-order valence-corrected chi connectivity index (χ0v) is 52.8. The van der Waals surface area contributed by atoms with Crippen LogP contribution in [0.1, 0.15) is 303 Å². The maximum Gasteiger partial charge on any atom is 0.309 e. The van der Waals surface area contributed by atoms with Crippen molar-refractivity contribution in [2.24, 2.45) is 0 Å². The highest BCUT2D eigenvalue weighted by Gasteiger charge is 2.19. The van der Waals surface area contributed by atoms with Gasteiger partial charge in [0.2, 0.25) is 0 Å². The van der Waals surface area contributed by atoms with Gasteiger partial charge in [-0.1, -0.05) is 321 Å². The second kappa shape index (κ2) is 68.1. The SMILES string of the molecule is CC/C=C\C/C=C\C/C=C\C/C=C\C/C=C\C/C=C\CCCCCCCCCCCCCCC(=O)OCC(COC(=O)C/C=C\C/C=C\C/C=C\C/C=C\C/C=C\CC)OC(=O)CCCCCCCCCCCCCCCCCCC. The summed E-state index contributed by atoms with van der Waals surface area (Å²) < 4.78 is 16.8. The molecule has 0 saturated carbocycles. The van der Waals surface area contributed by atoms with Crippen LogP contribution >= 0.6 is 0 Å². The van der Waals surface area contributed by atoms with Crippen molar-refractivity contribution in [2.75, 3.05) is 13.2 Å². The Labute approximate surface area is 500 Å². The van der Waals surface area contributed by atoms with Crippen LogP contribution in [0.15, 0.2) is 134 Å². The monoisotopic (exact) mass is 1120 g/mol. The van der Waals surface area contributed by atoms with Gasteiger partial charge in [-0.05, 0) is 96.3 Å². The molecule has 0 saturated heterocycles. The van der Waals surface area contributed by atoms with Crippen LogP contribution in [0, 0.1) is 0 Å². The summed E-state index contributed by atoms with van der Waals surface area (Å²) in [6.45, 7) is 6.35. The number of carbonyl (C=O) groups is 3. The third-order valence-corrected chi connectivity index (χ3v) is 14.2. The van der Waals surface area contributed by atoms with Gasteiger partial charge >= 0.3 is 17.9 Å². The smallest absolute Gasteiger partial charge is 0.309 e. The number of rotatable bonds is 60. The summed E-state index contributed by atoms with van der Waals surface area (Å²) in [5.41, 5.74) is 0. The lowest BCUT2D eigenvalue weighted by atomic mass is 10.0. The van der Waals surface area contributed by atoms with Gasteiger partial charge in [0.05, 0.1) is 6.42 Å². The molecule has 6 heteroatoms. The van der Waals surface area contributed by atoms with Crippen molar-refractivity contribution in [1.29, 1.82) is 0 Å². The van der Waals surface area contributed by atoms with Gasteiger partial charge in [-0.25, -0.2) is 0 Å². The first-order valence-electron chi connectivity index (χ1n) is 33.7. The lowest BCUT2D eigenvalue weighted by Gasteiger charge is -2.18. The average molecular weight is 1120 g/mol. The normalized spacial score (nSPS) is 13.0. The molecule has 6 nitrogen and oxygen atoms in total. The molecule has 460 valence electrons. The number of ether oxygens (including phenoxy) is 3. The van der Waals surface area contributed by atoms with Crippen molar-refractivity contribution >= 4 is 17.9 Å². The molecule has 81 heavy (non-hydrogen) atoms. The molecule has 0 amide bonds. The molecule has 0 aliphatic heterocycles. The third-order valence-electron chi connectivity index (χ3n) is 14.2. The minimum atomic E-state index is -0.821. The summed E-state index contributed by atoms with van der Waals surface area (Å²) in [5, 5.41) is 0. The fourth-order valence-corrected chi connectivity index (χ4v) is 9.23. The van der Waals surface area contributed by atoms with E-state index >= 15 is 0 Å². The van der Waals surface area contributed by atoms with E-state index < -0.39 is 12.1 Å². The first kappa shape index (κ1) is 76.5. The van der Waals surface area contributed by atoms with Crippen molar-refractivity contribution in [3.05, 3.63) is 134 Å². The molecule has 0 aromatic rings.